The number of amides is 1. The van der Waals surface area contributed by atoms with Crippen LogP contribution in [0.15, 0.2) is 41.3 Å². The van der Waals surface area contributed by atoms with Crippen LogP contribution in [0.4, 0.5) is 10.1 Å². The summed E-state index contributed by atoms with van der Waals surface area (Å²) in [5.74, 6) is -1.17. The highest BCUT2D eigenvalue weighted by molar-refractivity contribution is 7.89. The first-order valence-corrected chi connectivity index (χ1v) is 11.1. The van der Waals surface area contributed by atoms with E-state index in [-0.39, 0.29) is 26.9 Å². The van der Waals surface area contributed by atoms with Crippen LogP contribution in [0.25, 0.3) is 0 Å². The van der Waals surface area contributed by atoms with E-state index >= 15 is 0 Å². The maximum Gasteiger partial charge on any atom is 0.255 e. The van der Waals surface area contributed by atoms with Crippen LogP contribution >= 0.6 is 11.6 Å². The van der Waals surface area contributed by atoms with Gasteiger partial charge in [0.1, 0.15) is 16.5 Å². The number of carbonyl (C=O) groups excluding carboxylic acids is 1. The van der Waals surface area contributed by atoms with Crippen molar-refractivity contribution >= 4 is 33.2 Å². The predicted octanol–water partition coefficient (Wildman–Crippen LogP) is 4.30. The molecule has 0 aromatic heterocycles. The number of nitrogens with one attached hydrogen (secondary N) is 1. The molecule has 1 aliphatic rings. The van der Waals surface area contributed by atoms with Crippen molar-refractivity contribution < 1.29 is 22.3 Å². The fraction of sp³-hybridized carbons (Fsp3) is 0.350. The zero-order valence-electron chi connectivity index (χ0n) is 16.0. The van der Waals surface area contributed by atoms with Gasteiger partial charge in [0.25, 0.3) is 5.91 Å². The highest BCUT2D eigenvalue weighted by Crippen LogP contribution is 2.30. The van der Waals surface area contributed by atoms with Gasteiger partial charge in [0, 0.05) is 23.7 Å². The third-order valence-corrected chi connectivity index (χ3v) is 6.94. The molecule has 0 aliphatic carbocycles. The largest absolute Gasteiger partial charge is 0.495 e. The molecule has 0 bridgehead atoms. The molecule has 156 valence electrons. The first kappa shape index (κ1) is 21.5. The number of sulfonamides is 1. The van der Waals surface area contributed by atoms with Gasteiger partial charge in [-0.2, -0.15) is 4.31 Å². The Bertz CT molecular complexity index is 1010. The number of halogens is 2. The van der Waals surface area contributed by atoms with Gasteiger partial charge in [-0.15, -0.1) is 0 Å². The molecule has 1 saturated heterocycles. The van der Waals surface area contributed by atoms with Crippen LogP contribution in [-0.2, 0) is 10.0 Å². The second kappa shape index (κ2) is 9.11. The van der Waals surface area contributed by atoms with Crippen molar-refractivity contribution in [3.8, 4) is 5.75 Å². The van der Waals surface area contributed by atoms with Crippen LogP contribution < -0.4 is 10.1 Å². The Morgan fingerprint density at radius 3 is 2.41 bits per heavy atom. The lowest BCUT2D eigenvalue weighted by atomic mass is 10.2. The molecule has 0 atom stereocenters. The second-order valence-electron chi connectivity index (χ2n) is 6.76. The number of carbonyl (C=O) groups is 1. The summed E-state index contributed by atoms with van der Waals surface area (Å²) in [6, 6.07) is 8.00. The zero-order valence-corrected chi connectivity index (χ0v) is 17.5. The average molecular weight is 441 g/mol. The van der Waals surface area contributed by atoms with E-state index in [1.807, 2.05) is 0 Å². The number of rotatable bonds is 5. The van der Waals surface area contributed by atoms with E-state index in [9.17, 15) is 17.6 Å². The molecule has 0 unspecified atom stereocenters. The monoisotopic (exact) mass is 440 g/mol. The molecule has 29 heavy (non-hydrogen) atoms. The van der Waals surface area contributed by atoms with E-state index in [2.05, 4.69) is 5.32 Å². The van der Waals surface area contributed by atoms with Crippen LogP contribution in [0, 0.1) is 5.82 Å². The predicted molar refractivity (Wildman–Crippen MR) is 110 cm³/mol. The van der Waals surface area contributed by atoms with Crippen LogP contribution in [0.2, 0.25) is 5.02 Å². The summed E-state index contributed by atoms with van der Waals surface area (Å²) < 4.78 is 47.0. The van der Waals surface area contributed by atoms with Gasteiger partial charge >= 0.3 is 0 Å². The summed E-state index contributed by atoms with van der Waals surface area (Å²) in [5, 5.41) is 2.64. The van der Waals surface area contributed by atoms with Crippen LogP contribution in [-0.4, -0.2) is 38.8 Å². The summed E-state index contributed by atoms with van der Waals surface area (Å²) in [7, 11) is -2.46. The number of anilines is 1. The van der Waals surface area contributed by atoms with E-state index in [4.69, 9.17) is 16.3 Å². The van der Waals surface area contributed by atoms with E-state index in [0.717, 1.165) is 31.7 Å². The van der Waals surface area contributed by atoms with Crippen molar-refractivity contribution in [3.63, 3.8) is 0 Å². The third kappa shape index (κ3) is 4.88. The van der Waals surface area contributed by atoms with E-state index in [0.29, 0.717) is 13.1 Å². The smallest absolute Gasteiger partial charge is 0.255 e. The lowest BCUT2D eigenvalue weighted by Gasteiger charge is -2.21. The van der Waals surface area contributed by atoms with Crippen molar-refractivity contribution in [2.45, 2.75) is 30.6 Å². The van der Waals surface area contributed by atoms with Gasteiger partial charge in [-0.05, 0) is 49.2 Å². The number of ether oxygens (including phenoxy) is 1. The maximum absolute atomic E-state index is 14.0. The molecule has 2 aromatic rings. The molecule has 0 spiro atoms. The molecular weight excluding hydrogens is 419 g/mol. The van der Waals surface area contributed by atoms with Crippen molar-refractivity contribution in [1.82, 2.24) is 4.31 Å². The molecule has 3 rings (SSSR count). The Balaban J connectivity index is 1.92. The molecule has 1 N–H and O–H groups in total. The number of hydrogen-bond donors (Lipinski definition) is 1. The summed E-state index contributed by atoms with van der Waals surface area (Å²) in [6.07, 6.45) is 3.55. The lowest BCUT2D eigenvalue weighted by Crippen LogP contribution is -2.32. The number of methoxy groups -OCH3 is 1. The van der Waals surface area contributed by atoms with Gasteiger partial charge < -0.3 is 10.1 Å². The number of hydrogen-bond acceptors (Lipinski definition) is 4. The molecule has 0 radical (unpaired) electrons. The second-order valence-corrected chi connectivity index (χ2v) is 9.11. The van der Waals surface area contributed by atoms with Crippen molar-refractivity contribution in [1.29, 1.82) is 0 Å². The first-order chi connectivity index (χ1) is 13.8. The highest BCUT2D eigenvalue weighted by atomic mass is 35.5. The third-order valence-electron chi connectivity index (χ3n) is 4.79. The SMILES string of the molecule is COc1ccc(C(=O)Nc2ccc(Cl)cc2F)cc1S(=O)(=O)N1CCCCCC1. The Morgan fingerprint density at radius 2 is 1.79 bits per heavy atom. The molecule has 1 amide bonds. The van der Waals surface area contributed by atoms with Gasteiger partial charge in [-0.3, -0.25) is 4.79 Å². The van der Waals surface area contributed by atoms with Gasteiger partial charge in [0.05, 0.1) is 12.8 Å². The first-order valence-electron chi connectivity index (χ1n) is 9.27. The molecule has 9 heteroatoms. The van der Waals surface area contributed by atoms with E-state index in [1.165, 1.54) is 41.7 Å². The quantitative estimate of drug-likeness (QED) is 0.751. The fourth-order valence-electron chi connectivity index (χ4n) is 3.23. The van der Waals surface area contributed by atoms with Crippen molar-refractivity contribution in [2.75, 3.05) is 25.5 Å². The summed E-state index contributed by atoms with van der Waals surface area (Å²) in [6.45, 7) is 0.857. The lowest BCUT2D eigenvalue weighted by molar-refractivity contribution is 0.102. The van der Waals surface area contributed by atoms with E-state index < -0.39 is 21.7 Å². The average Bonchev–Trinajstić information content (AvgIpc) is 2.99. The molecule has 1 fully saturated rings. The summed E-state index contributed by atoms with van der Waals surface area (Å²) in [5.41, 5.74) is 0.0284. The summed E-state index contributed by atoms with van der Waals surface area (Å²) in [4.78, 5) is 12.5. The molecule has 1 aliphatic heterocycles. The molecule has 1 heterocycles. The number of benzene rings is 2. The minimum atomic E-state index is -3.83. The minimum absolute atomic E-state index is 0.0489. The molecule has 6 nitrogen and oxygen atoms in total. The Labute approximate surface area is 174 Å². The Kier molecular flexibility index (Phi) is 6.77. The van der Waals surface area contributed by atoms with Gasteiger partial charge in [0.2, 0.25) is 10.0 Å². The standard InChI is InChI=1S/C20H22ClFN2O4S/c1-28-18-9-6-14(20(25)23-17-8-7-15(21)13-16(17)22)12-19(18)29(26,27)24-10-4-2-3-5-11-24/h6-9,12-13H,2-5,10-11H2,1H3,(H,23,25). The van der Waals surface area contributed by atoms with Gasteiger partial charge in [-0.25, -0.2) is 12.8 Å². The van der Waals surface area contributed by atoms with Crippen LogP contribution in [0.3, 0.4) is 0 Å². The van der Waals surface area contributed by atoms with Crippen molar-refractivity contribution in [3.05, 3.63) is 52.8 Å². The molecule has 2 aromatic carbocycles. The Hall–Kier alpha value is -2.16. The minimum Gasteiger partial charge on any atom is -0.495 e. The van der Waals surface area contributed by atoms with Gasteiger partial charge in [-0.1, -0.05) is 24.4 Å². The Morgan fingerprint density at radius 1 is 1.10 bits per heavy atom. The van der Waals surface area contributed by atoms with Crippen LogP contribution in [0.5, 0.6) is 5.75 Å². The van der Waals surface area contributed by atoms with E-state index in [1.54, 1.807) is 0 Å². The summed E-state index contributed by atoms with van der Waals surface area (Å²) >= 11 is 5.72. The highest BCUT2D eigenvalue weighted by Gasteiger charge is 2.29. The normalized spacial score (nSPS) is 15.6. The fourth-order valence-corrected chi connectivity index (χ4v) is 5.08. The van der Waals surface area contributed by atoms with Crippen LogP contribution in [0.1, 0.15) is 36.0 Å². The zero-order chi connectivity index (χ0) is 21.0. The molecular formula is C20H22ClFN2O4S. The molecule has 0 saturated carbocycles. The maximum atomic E-state index is 14.0. The topological polar surface area (TPSA) is 75.7 Å². The number of nitrogens with zero attached hydrogens (tertiary/aromatic N) is 1. The van der Waals surface area contributed by atoms with Gasteiger partial charge in [0.15, 0.2) is 0 Å². The van der Waals surface area contributed by atoms with Crippen molar-refractivity contribution in [2.24, 2.45) is 0 Å².